The molecule has 1 rings (SSSR count). The third kappa shape index (κ3) is 7.33. The Labute approximate surface area is 171 Å². The second-order valence-electron chi connectivity index (χ2n) is 7.69. The summed E-state index contributed by atoms with van der Waals surface area (Å²) >= 11 is -2.69. The van der Waals surface area contributed by atoms with Gasteiger partial charge in [0.25, 0.3) is 0 Å². The van der Waals surface area contributed by atoms with E-state index in [1.165, 1.54) is 61.0 Å². The van der Waals surface area contributed by atoms with Crippen LogP contribution in [-0.4, -0.2) is 45.1 Å². The second-order valence-corrected chi connectivity index (χ2v) is 22.6. The van der Waals surface area contributed by atoms with E-state index in [9.17, 15) is 8.42 Å². The third-order valence-corrected chi connectivity index (χ3v) is 23.0. The van der Waals surface area contributed by atoms with E-state index in [2.05, 4.69) is 32.4 Å². The standard InChI is InChI=1S/C9H12NO3S.3C4H9.Sn/c1-8-2-4-9(5-3-8)14(12,13)10-6-7-11;3*1-3-4-2;/h2,4-5,10-11H,6-7H2,1H3;3*1,3-4H2,2H3;. The fourth-order valence-corrected chi connectivity index (χ4v) is 22.5. The van der Waals surface area contributed by atoms with Gasteiger partial charge in [0.15, 0.2) is 0 Å². The summed E-state index contributed by atoms with van der Waals surface area (Å²) in [5.41, 5.74) is 1.27. The molecule has 0 aliphatic carbocycles. The first-order valence-corrected chi connectivity index (χ1v) is 19.5. The molecule has 0 fully saturated rings. The van der Waals surface area contributed by atoms with E-state index >= 15 is 0 Å². The Hall–Kier alpha value is -0.111. The first-order valence-electron chi connectivity index (χ1n) is 10.6. The molecule has 0 aliphatic heterocycles. The van der Waals surface area contributed by atoms with Crippen LogP contribution in [0.3, 0.4) is 0 Å². The summed E-state index contributed by atoms with van der Waals surface area (Å²) in [5, 5.41) is 8.98. The second kappa shape index (κ2) is 12.5. The van der Waals surface area contributed by atoms with Gasteiger partial charge in [-0.15, -0.1) is 0 Å². The van der Waals surface area contributed by atoms with Crippen LogP contribution in [0.5, 0.6) is 0 Å². The number of aliphatic hydroxyl groups excluding tert-OH is 1. The van der Waals surface area contributed by atoms with Crippen molar-refractivity contribution in [3.63, 3.8) is 0 Å². The number of hydrogen-bond donors (Lipinski definition) is 2. The van der Waals surface area contributed by atoms with E-state index in [1.54, 1.807) is 6.07 Å². The van der Waals surface area contributed by atoms with Crippen LogP contribution in [-0.2, 0) is 10.0 Å². The maximum absolute atomic E-state index is 12.6. The first kappa shape index (κ1) is 24.9. The van der Waals surface area contributed by atoms with Gasteiger partial charge in [-0.3, -0.25) is 0 Å². The van der Waals surface area contributed by atoms with Crippen LogP contribution in [0.4, 0.5) is 0 Å². The molecule has 156 valence electrons. The molecule has 0 saturated carbocycles. The minimum atomic E-state index is -3.56. The van der Waals surface area contributed by atoms with Crippen LogP contribution in [0, 0.1) is 6.92 Å². The molecule has 0 saturated heterocycles. The fourth-order valence-electron chi connectivity index (χ4n) is 3.93. The predicted octanol–water partition coefficient (Wildman–Crippen LogP) is 4.32. The average molecular weight is 504 g/mol. The fraction of sp³-hybridized carbons (Fsp3) is 0.714. The van der Waals surface area contributed by atoms with Crippen LogP contribution in [0.25, 0.3) is 0 Å². The van der Waals surface area contributed by atoms with Gasteiger partial charge >= 0.3 is 172 Å². The van der Waals surface area contributed by atoms with Crippen LogP contribution in [0.1, 0.15) is 64.9 Å². The summed E-state index contributed by atoms with van der Waals surface area (Å²) in [6, 6.07) is 5.71. The Morgan fingerprint density at radius 1 is 0.963 bits per heavy atom. The SMILES string of the molecule is CCC[CH2][Sn]([CH2]CCC)([CH2]CCC)[c]1cc(S(=O)(=O)NCCO)ccc1C. The van der Waals surface area contributed by atoms with E-state index in [0.717, 1.165) is 0 Å². The molecule has 0 heterocycles. The van der Waals surface area contributed by atoms with Crippen LogP contribution in [0.15, 0.2) is 23.1 Å². The number of rotatable bonds is 14. The molecule has 1 aromatic carbocycles. The van der Waals surface area contributed by atoms with Crippen molar-refractivity contribution in [2.24, 2.45) is 0 Å². The monoisotopic (exact) mass is 505 g/mol. The van der Waals surface area contributed by atoms with Gasteiger partial charge in [0.2, 0.25) is 0 Å². The van der Waals surface area contributed by atoms with Crippen molar-refractivity contribution in [2.45, 2.75) is 84.4 Å². The molecule has 4 nitrogen and oxygen atoms in total. The predicted molar refractivity (Wildman–Crippen MR) is 118 cm³/mol. The summed E-state index contributed by atoms with van der Waals surface area (Å²) in [6.45, 7) is 8.78. The molecule has 1 aromatic rings. The molecule has 0 radical (unpaired) electrons. The topological polar surface area (TPSA) is 66.4 Å². The van der Waals surface area contributed by atoms with Crippen molar-refractivity contribution >= 4 is 32.0 Å². The van der Waals surface area contributed by atoms with E-state index in [-0.39, 0.29) is 13.2 Å². The van der Waals surface area contributed by atoms with E-state index in [4.69, 9.17) is 5.11 Å². The summed E-state index contributed by atoms with van der Waals surface area (Å²) in [5.74, 6) is 0. The van der Waals surface area contributed by atoms with E-state index in [1.807, 2.05) is 12.1 Å². The molecule has 0 amide bonds. The molecule has 0 aliphatic rings. The number of aliphatic hydroxyl groups is 1. The number of nitrogens with one attached hydrogen (secondary N) is 1. The number of sulfonamides is 1. The molecule has 0 atom stereocenters. The molecule has 6 heteroatoms. The van der Waals surface area contributed by atoms with Gasteiger partial charge in [0.1, 0.15) is 0 Å². The quantitative estimate of drug-likeness (QED) is 0.371. The number of aryl methyl sites for hydroxylation is 1. The molecular formula is C21H39NO3SSn. The zero-order valence-electron chi connectivity index (χ0n) is 17.7. The van der Waals surface area contributed by atoms with Gasteiger partial charge in [0, 0.05) is 0 Å². The van der Waals surface area contributed by atoms with E-state index < -0.39 is 28.4 Å². The van der Waals surface area contributed by atoms with Gasteiger partial charge < -0.3 is 0 Å². The van der Waals surface area contributed by atoms with Crippen LogP contribution >= 0.6 is 0 Å². The number of benzene rings is 1. The zero-order chi connectivity index (χ0) is 20.3. The van der Waals surface area contributed by atoms with Crippen molar-refractivity contribution in [3.05, 3.63) is 23.8 Å². The molecule has 0 spiro atoms. The molecule has 0 aromatic heterocycles. The Balaban J connectivity index is 3.42. The van der Waals surface area contributed by atoms with Gasteiger partial charge in [0.05, 0.1) is 0 Å². The Morgan fingerprint density at radius 2 is 1.48 bits per heavy atom. The van der Waals surface area contributed by atoms with Crippen molar-refractivity contribution in [1.82, 2.24) is 4.72 Å². The van der Waals surface area contributed by atoms with Crippen LogP contribution < -0.4 is 8.30 Å². The summed E-state index contributed by atoms with van der Waals surface area (Å²) in [4.78, 5) is 0.363. The van der Waals surface area contributed by atoms with Gasteiger partial charge in [-0.25, -0.2) is 0 Å². The van der Waals surface area contributed by atoms with Gasteiger partial charge in [-0.05, 0) is 0 Å². The van der Waals surface area contributed by atoms with Crippen molar-refractivity contribution < 1.29 is 13.5 Å². The first-order chi connectivity index (χ1) is 12.9. The molecular weight excluding hydrogens is 465 g/mol. The maximum atomic E-state index is 12.6. The minimum absolute atomic E-state index is 0.0570. The zero-order valence-corrected chi connectivity index (χ0v) is 21.4. The molecule has 27 heavy (non-hydrogen) atoms. The molecule has 0 unspecified atom stereocenters. The van der Waals surface area contributed by atoms with Gasteiger partial charge in [-0.2, -0.15) is 0 Å². The van der Waals surface area contributed by atoms with E-state index in [0.29, 0.717) is 4.90 Å². The average Bonchev–Trinajstić information content (AvgIpc) is 2.66. The molecule has 0 bridgehead atoms. The summed E-state index contributed by atoms with van der Waals surface area (Å²) in [7, 11) is -3.56. The normalized spacial score (nSPS) is 12.5. The van der Waals surface area contributed by atoms with Crippen molar-refractivity contribution in [2.75, 3.05) is 13.2 Å². The van der Waals surface area contributed by atoms with Crippen LogP contribution in [0.2, 0.25) is 13.3 Å². The third-order valence-electron chi connectivity index (χ3n) is 5.52. The number of hydrogen-bond acceptors (Lipinski definition) is 3. The van der Waals surface area contributed by atoms with Crippen molar-refractivity contribution in [3.8, 4) is 0 Å². The van der Waals surface area contributed by atoms with Gasteiger partial charge in [-0.1, -0.05) is 0 Å². The summed E-state index contributed by atoms with van der Waals surface area (Å²) < 4.78 is 33.1. The Morgan fingerprint density at radius 3 is 1.93 bits per heavy atom. The Bertz CT molecular complexity index is 640. The molecule has 2 N–H and O–H groups in total. The Kier molecular flexibility index (Phi) is 11.5. The van der Waals surface area contributed by atoms with Crippen molar-refractivity contribution in [1.29, 1.82) is 0 Å². The number of unbranched alkanes of at least 4 members (excludes halogenated alkanes) is 3. The summed E-state index contributed by atoms with van der Waals surface area (Å²) in [6.07, 6.45) is 7.36.